The van der Waals surface area contributed by atoms with Crippen molar-refractivity contribution in [2.24, 2.45) is 0 Å². The molecule has 2 rings (SSSR count). The molecular formula is C25H34N2O4. The summed E-state index contributed by atoms with van der Waals surface area (Å²) >= 11 is 0. The van der Waals surface area contributed by atoms with Gasteiger partial charge in [-0.3, -0.25) is 9.69 Å². The monoisotopic (exact) mass is 426 g/mol. The normalized spacial score (nSPS) is 12.6. The Bertz CT molecular complexity index is 891. The van der Waals surface area contributed by atoms with Crippen LogP contribution in [0.5, 0.6) is 5.75 Å². The molecule has 0 unspecified atom stereocenters. The minimum Gasteiger partial charge on any atom is -0.497 e. The van der Waals surface area contributed by atoms with Gasteiger partial charge in [-0.15, -0.1) is 0 Å². The first-order valence-electron chi connectivity index (χ1n) is 10.3. The van der Waals surface area contributed by atoms with E-state index in [0.717, 1.165) is 0 Å². The van der Waals surface area contributed by atoms with E-state index in [1.54, 1.807) is 59.2 Å². The second kappa shape index (κ2) is 9.41. The summed E-state index contributed by atoms with van der Waals surface area (Å²) in [5, 5.41) is 2.93. The number of hydrogen-bond acceptors (Lipinski definition) is 4. The number of nitrogens with one attached hydrogen (secondary N) is 1. The highest BCUT2D eigenvalue weighted by Crippen LogP contribution is 2.27. The van der Waals surface area contributed by atoms with Crippen LogP contribution in [0.3, 0.4) is 0 Å². The molecule has 0 fully saturated rings. The zero-order chi connectivity index (χ0) is 23.4. The van der Waals surface area contributed by atoms with Gasteiger partial charge in [0.25, 0.3) is 5.91 Å². The van der Waals surface area contributed by atoms with Crippen LogP contribution in [0.2, 0.25) is 0 Å². The lowest BCUT2D eigenvalue weighted by Crippen LogP contribution is -2.41. The Hall–Kier alpha value is -3.02. The van der Waals surface area contributed by atoms with Crippen molar-refractivity contribution in [1.29, 1.82) is 0 Å². The topological polar surface area (TPSA) is 67.9 Å². The first-order chi connectivity index (χ1) is 14.3. The first-order valence-corrected chi connectivity index (χ1v) is 10.3. The highest BCUT2D eigenvalue weighted by molar-refractivity contribution is 5.97. The fourth-order valence-corrected chi connectivity index (χ4v) is 3.04. The maximum absolute atomic E-state index is 13.3. The number of anilines is 1. The van der Waals surface area contributed by atoms with Crippen molar-refractivity contribution in [3.63, 3.8) is 0 Å². The smallest absolute Gasteiger partial charge is 0.410 e. The summed E-state index contributed by atoms with van der Waals surface area (Å²) in [6.07, 6.45) is -0.577. The molecule has 0 radical (unpaired) electrons. The molecule has 0 heterocycles. The summed E-state index contributed by atoms with van der Waals surface area (Å²) in [5.41, 5.74) is 1.83. The van der Waals surface area contributed by atoms with Crippen LogP contribution in [0.4, 0.5) is 10.5 Å². The van der Waals surface area contributed by atoms with Gasteiger partial charge >= 0.3 is 6.09 Å². The summed E-state index contributed by atoms with van der Waals surface area (Å²) < 4.78 is 10.7. The second-order valence-electron chi connectivity index (χ2n) is 9.58. The Morgan fingerprint density at radius 3 is 1.90 bits per heavy atom. The molecule has 2 aromatic rings. The Morgan fingerprint density at radius 1 is 0.903 bits per heavy atom. The number of benzene rings is 2. The second-order valence-corrected chi connectivity index (χ2v) is 9.58. The van der Waals surface area contributed by atoms with Gasteiger partial charge in [0.05, 0.1) is 7.11 Å². The molecule has 0 aliphatic carbocycles. The molecular weight excluding hydrogens is 392 g/mol. The van der Waals surface area contributed by atoms with E-state index in [1.807, 2.05) is 24.3 Å². The van der Waals surface area contributed by atoms with E-state index in [1.165, 1.54) is 10.5 Å². The van der Waals surface area contributed by atoms with Crippen molar-refractivity contribution >= 4 is 17.7 Å². The van der Waals surface area contributed by atoms with Gasteiger partial charge in [0, 0.05) is 12.7 Å². The van der Waals surface area contributed by atoms with Gasteiger partial charge in [-0.05, 0) is 61.6 Å². The highest BCUT2D eigenvalue weighted by Gasteiger charge is 2.32. The van der Waals surface area contributed by atoms with Crippen LogP contribution in [0.25, 0.3) is 0 Å². The Kier molecular flexibility index (Phi) is 7.37. The summed E-state index contributed by atoms with van der Waals surface area (Å²) in [4.78, 5) is 27.3. The van der Waals surface area contributed by atoms with Crippen molar-refractivity contribution in [3.8, 4) is 5.75 Å². The van der Waals surface area contributed by atoms with E-state index in [-0.39, 0.29) is 11.3 Å². The van der Waals surface area contributed by atoms with Gasteiger partial charge in [0.2, 0.25) is 0 Å². The predicted octanol–water partition coefficient (Wildman–Crippen LogP) is 5.54. The molecule has 0 aliphatic rings. The molecule has 6 heteroatoms. The molecule has 1 N–H and O–H groups in total. The van der Waals surface area contributed by atoms with Crippen LogP contribution in [0.15, 0.2) is 48.5 Å². The fourth-order valence-electron chi connectivity index (χ4n) is 3.04. The minimum atomic E-state index is -0.872. The third kappa shape index (κ3) is 6.74. The van der Waals surface area contributed by atoms with Crippen LogP contribution < -0.4 is 10.1 Å². The van der Waals surface area contributed by atoms with Crippen molar-refractivity contribution in [1.82, 2.24) is 4.90 Å². The quantitative estimate of drug-likeness (QED) is 0.682. The Labute approximate surface area is 185 Å². The molecule has 0 spiro atoms. The number of nitrogens with zero attached hydrogens (tertiary/aromatic N) is 1. The lowest BCUT2D eigenvalue weighted by molar-refractivity contribution is -0.121. The standard InChI is InChI=1S/C25H34N2O4/c1-24(2,3)18-11-13-19(14-12-18)26-22(28)21(17-9-15-20(30-8)16-10-17)27(7)23(29)31-25(4,5)6/h9-16,21H,1-8H3,(H,26,28)/t21-/m1/s1. The van der Waals surface area contributed by atoms with Crippen molar-refractivity contribution in [3.05, 3.63) is 59.7 Å². The minimum absolute atomic E-state index is 0.0189. The number of likely N-dealkylation sites (N-methyl/N-ethyl adjacent to an activating group) is 1. The first kappa shape index (κ1) is 24.3. The molecule has 0 aromatic heterocycles. The molecule has 0 aliphatic heterocycles. The Balaban J connectivity index is 2.32. The summed E-state index contributed by atoms with van der Waals surface area (Å²) in [7, 11) is 3.14. The SMILES string of the molecule is COc1ccc([C@H](C(=O)Nc2ccc(C(C)(C)C)cc2)N(C)C(=O)OC(C)(C)C)cc1. The number of ether oxygens (including phenoxy) is 2. The van der Waals surface area contributed by atoms with E-state index >= 15 is 0 Å². The molecule has 2 amide bonds. The van der Waals surface area contributed by atoms with E-state index in [0.29, 0.717) is 17.0 Å². The molecule has 2 aromatic carbocycles. The number of rotatable bonds is 5. The zero-order valence-corrected chi connectivity index (χ0v) is 19.8. The van der Waals surface area contributed by atoms with E-state index in [4.69, 9.17) is 9.47 Å². The maximum Gasteiger partial charge on any atom is 0.410 e. The van der Waals surface area contributed by atoms with Crippen LogP contribution >= 0.6 is 0 Å². The van der Waals surface area contributed by atoms with Gasteiger partial charge < -0.3 is 14.8 Å². The molecule has 168 valence electrons. The lowest BCUT2D eigenvalue weighted by Gasteiger charge is -2.30. The number of carbonyl (C=O) groups excluding carboxylic acids is 2. The molecule has 6 nitrogen and oxygen atoms in total. The number of carbonyl (C=O) groups is 2. The van der Waals surface area contributed by atoms with Crippen molar-refractivity contribution in [2.45, 2.75) is 58.6 Å². The third-order valence-corrected chi connectivity index (χ3v) is 4.77. The van der Waals surface area contributed by atoms with Crippen LogP contribution in [-0.4, -0.2) is 36.7 Å². The van der Waals surface area contributed by atoms with Crippen LogP contribution in [-0.2, 0) is 14.9 Å². The van der Waals surface area contributed by atoms with E-state index < -0.39 is 17.7 Å². The highest BCUT2D eigenvalue weighted by atomic mass is 16.6. The fraction of sp³-hybridized carbons (Fsp3) is 0.440. The predicted molar refractivity (Wildman–Crippen MR) is 124 cm³/mol. The van der Waals surface area contributed by atoms with Crippen LogP contribution in [0.1, 0.15) is 58.7 Å². The van der Waals surface area contributed by atoms with Gasteiger partial charge in [-0.25, -0.2) is 4.79 Å². The van der Waals surface area contributed by atoms with Gasteiger partial charge in [0.1, 0.15) is 17.4 Å². The van der Waals surface area contributed by atoms with Gasteiger partial charge in [-0.2, -0.15) is 0 Å². The third-order valence-electron chi connectivity index (χ3n) is 4.77. The lowest BCUT2D eigenvalue weighted by atomic mass is 9.87. The van der Waals surface area contributed by atoms with E-state index in [2.05, 4.69) is 26.1 Å². The number of methoxy groups -OCH3 is 1. The summed E-state index contributed by atoms with van der Waals surface area (Å²) in [6.45, 7) is 11.8. The van der Waals surface area contributed by atoms with Crippen molar-refractivity contribution < 1.29 is 19.1 Å². The molecule has 31 heavy (non-hydrogen) atoms. The molecule has 1 atom stereocenters. The molecule has 0 saturated carbocycles. The summed E-state index contributed by atoms with van der Waals surface area (Å²) in [6, 6.07) is 13.9. The molecule has 0 bridgehead atoms. The Morgan fingerprint density at radius 2 is 1.45 bits per heavy atom. The average molecular weight is 427 g/mol. The van der Waals surface area contributed by atoms with Gasteiger partial charge in [0.15, 0.2) is 0 Å². The van der Waals surface area contributed by atoms with Crippen molar-refractivity contribution in [2.75, 3.05) is 19.5 Å². The van der Waals surface area contributed by atoms with E-state index in [9.17, 15) is 9.59 Å². The zero-order valence-electron chi connectivity index (χ0n) is 19.8. The number of hydrogen-bond donors (Lipinski definition) is 1. The average Bonchev–Trinajstić information content (AvgIpc) is 2.67. The largest absolute Gasteiger partial charge is 0.497 e. The molecule has 0 saturated heterocycles. The van der Waals surface area contributed by atoms with Crippen LogP contribution in [0, 0.1) is 0 Å². The van der Waals surface area contributed by atoms with Gasteiger partial charge in [-0.1, -0.05) is 45.0 Å². The maximum atomic E-state index is 13.3. The summed E-state index contributed by atoms with van der Waals surface area (Å²) in [5.74, 6) is 0.336. The number of amides is 2.